The zero-order valence-corrected chi connectivity index (χ0v) is 12.7. The van der Waals surface area contributed by atoms with Crippen molar-refractivity contribution in [3.8, 4) is 0 Å². The van der Waals surface area contributed by atoms with Crippen LogP contribution in [0.5, 0.6) is 0 Å². The van der Waals surface area contributed by atoms with Gasteiger partial charge in [-0.2, -0.15) is 0 Å². The largest absolute Gasteiger partial charge is 0.418 e. The predicted octanol–water partition coefficient (Wildman–Crippen LogP) is 2.93. The fourth-order valence-corrected chi connectivity index (χ4v) is 2.30. The molecule has 0 saturated carbocycles. The summed E-state index contributed by atoms with van der Waals surface area (Å²) in [6, 6.07) is 7.86. The molecule has 20 heavy (non-hydrogen) atoms. The first-order valence-corrected chi connectivity index (χ1v) is 7.43. The molecular formula is C14H17BrN2O3. The lowest BCUT2D eigenvalue weighted by molar-refractivity contribution is 0.124. The lowest BCUT2D eigenvalue weighted by atomic mass is 10.1. The first-order chi connectivity index (χ1) is 9.65. The van der Waals surface area contributed by atoms with E-state index in [9.17, 15) is 9.59 Å². The molecule has 1 aliphatic rings. The van der Waals surface area contributed by atoms with Crippen LogP contribution in [-0.2, 0) is 11.2 Å². The molecule has 0 bridgehead atoms. The normalized spacial score (nSPS) is 14.2. The maximum atomic E-state index is 11.6. The number of carbonyl (C=O) groups excluding carboxylic acids is 2. The minimum Gasteiger partial charge on any atom is -0.359 e. The zero-order chi connectivity index (χ0) is 14.4. The van der Waals surface area contributed by atoms with Crippen molar-refractivity contribution in [2.24, 2.45) is 0 Å². The summed E-state index contributed by atoms with van der Waals surface area (Å²) in [6.07, 6.45) is 1.41. The number of amides is 2. The summed E-state index contributed by atoms with van der Waals surface area (Å²) < 4.78 is 5.74. The molecule has 2 rings (SSSR count). The van der Waals surface area contributed by atoms with Crippen molar-refractivity contribution in [3.05, 3.63) is 34.3 Å². The SMILES string of the molecule is O=C(NCCc1ccc(Br)cc1)OC(=O)N1CCCC1. The highest BCUT2D eigenvalue weighted by Gasteiger charge is 2.21. The Balaban J connectivity index is 1.67. The number of rotatable bonds is 3. The fourth-order valence-electron chi connectivity index (χ4n) is 2.04. The molecule has 0 atom stereocenters. The first-order valence-electron chi connectivity index (χ1n) is 6.64. The highest BCUT2D eigenvalue weighted by Crippen LogP contribution is 2.11. The maximum Gasteiger partial charge on any atom is 0.418 e. The monoisotopic (exact) mass is 340 g/mol. The van der Waals surface area contributed by atoms with Gasteiger partial charge in [-0.25, -0.2) is 9.59 Å². The Morgan fingerprint density at radius 1 is 1.20 bits per heavy atom. The van der Waals surface area contributed by atoms with Gasteiger partial charge in [0, 0.05) is 24.1 Å². The van der Waals surface area contributed by atoms with E-state index in [2.05, 4.69) is 21.2 Å². The first kappa shape index (κ1) is 14.8. The minimum atomic E-state index is -0.681. The van der Waals surface area contributed by atoms with E-state index >= 15 is 0 Å². The Kier molecular flexibility index (Phi) is 5.40. The lowest BCUT2D eigenvalue weighted by Crippen LogP contribution is -2.35. The van der Waals surface area contributed by atoms with Crippen molar-refractivity contribution in [1.29, 1.82) is 0 Å². The molecule has 0 aromatic heterocycles. The van der Waals surface area contributed by atoms with Gasteiger partial charge in [-0.1, -0.05) is 28.1 Å². The van der Waals surface area contributed by atoms with Crippen LogP contribution >= 0.6 is 15.9 Å². The van der Waals surface area contributed by atoms with Gasteiger partial charge in [-0.3, -0.25) is 0 Å². The van der Waals surface area contributed by atoms with Gasteiger partial charge in [-0.05, 0) is 37.0 Å². The van der Waals surface area contributed by atoms with Crippen LogP contribution in [0.4, 0.5) is 9.59 Å². The molecule has 1 aromatic carbocycles. The zero-order valence-electron chi connectivity index (χ0n) is 11.1. The molecule has 5 nitrogen and oxygen atoms in total. The van der Waals surface area contributed by atoms with Crippen molar-refractivity contribution >= 4 is 28.1 Å². The van der Waals surface area contributed by atoms with Gasteiger partial charge >= 0.3 is 12.2 Å². The molecule has 1 aromatic rings. The van der Waals surface area contributed by atoms with Crippen molar-refractivity contribution in [2.75, 3.05) is 19.6 Å². The molecule has 0 spiro atoms. The average Bonchev–Trinajstić information content (AvgIpc) is 2.95. The van der Waals surface area contributed by atoms with Crippen molar-refractivity contribution in [3.63, 3.8) is 0 Å². The summed E-state index contributed by atoms with van der Waals surface area (Å²) >= 11 is 3.36. The molecule has 108 valence electrons. The van der Waals surface area contributed by atoms with Crippen molar-refractivity contribution < 1.29 is 14.3 Å². The van der Waals surface area contributed by atoms with Gasteiger partial charge in [0.15, 0.2) is 0 Å². The highest BCUT2D eigenvalue weighted by molar-refractivity contribution is 9.10. The third-order valence-corrected chi connectivity index (χ3v) is 3.67. The number of hydrogen-bond donors (Lipinski definition) is 1. The number of likely N-dealkylation sites (tertiary alicyclic amines) is 1. The van der Waals surface area contributed by atoms with Crippen LogP contribution in [0, 0.1) is 0 Å². The number of carbonyl (C=O) groups is 2. The second-order valence-electron chi connectivity index (χ2n) is 4.65. The molecule has 2 amide bonds. The van der Waals surface area contributed by atoms with E-state index < -0.39 is 12.2 Å². The van der Waals surface area contributed by atoms with Gasteiger partial charge in [0.25, 0.3) is 0 Å². The number of halogens is 1. The summed E-state index contributed by atoms with van der Waals surface area (Å²) in [5.41, 5.74) is 1.11. The Bertz CT molecular complexity index is 470. The molecule has 0 aliphatic carbocycles. The fraction of sp³-hybridized carbons (Fsp3) is 0.429. The molecule has 1 fully saturated rings. The maximum absolute atomic E-state index is 11.6. The number of alkyl carbamates (subject to hydrolysis) is 1. The van der Waals surface area contributed by atoms with E-state index in [1.54, 1.807) is 4.90 Å². The standard InChI is InChI=1S/C14H17BrN2O3/c15-12-5-3-11(4-6-12)7-8-16-13(18)20-14(19)17-9-1-2-10-17/h3-6H,1-2,7-10H2,(H,16,18). The quantitative estimate of drug-likeness (QED) is 0.860. The Hall–Kier alpha value is -1.56. The van der Waals surface area contributed by atoms with E-state index in [0.29, 0.717) is 26.1 Å². The summed E-state index contributed by atoms with van der Waals surface area (Å²) in [6.45, 7) is 1.78. The predicted molar refractivity (Wildman–Crippen MR) is 78.5 cm³/mol. The number of nitrogens with zero attached hydrogens (tertiary/aromatic N) is 1. The van der Waals surface area contributed by atoms with Crippen LogP contribution < -0.4 is 5.32 Å². The topological polar surface area (TPSA) is 58.6 Å². The second-order valence-corrected chi connectivity index (χ2v) is 5.57. The molecule has 1 aliphatic heterocycles. The van der Waals surface area contributed by atoms with E-state index in [1.165, 1.54) is 0 Å². The van der Waals surface area contributed by atoms with Crippen molar-refractivity contribution in [2.45, 2.75) is 19.3 Å². The Morgan fingerprint density at radius 3 is 2.50 bits per heavy atom. The number of hydrogen-bond acceptors (Lipinski definition) is 3. The third-order valence-electron chi connectivity index (χ3n) is 3.14. The number of ether oxygens (including phenoxy) is 1. The van der Waals surface area contributed by atoms with Crippen molar-refractivity contribution in [1.82, 2.24) is 10.2 Å². The van der Waals surface area contributed by atoms with Crippen LogP contribution in [0.3, 0.4) is 0 Å². The van der Waals surface area contributed by atoms with Gasteiger partial charge < -0.3 is 15.0 Å². The Morgan fingerprint density at radius 2 is 1.85 bits per heavy atom. The smallest absolute Gasteiger partial charge is 0.359 e. The minimum absolute atomic E-state index is 0.438. The number of nitrogens with one attached hydrogen (secondary N) is 1. The summed E-state index contributed by atoms with van der Waals surface area (Å²) in [5.74, 6) is 0. The molecule has 6 heteroatoms. The van der Waals surface area contributed by atoms with E-state index in [4.69, 9.17) is 4.74 Å². The highest BCUT2D eigenvalue weighted by atomic mass is 79.9. The molecule has 0 radical (unpaired) electrons. The molecule has 1 N–H and O–H groups in total. The van der Waals surface area contributed by atoms with Crippen LogP contribution in [-0.4, -0.2) is 36.7 Å². The van der Waals surface area contributed by atoms with Gasteiger partial charge in [-0.15, -0.1) is 0 Å². The average molecular weight is 341 g/mol. The molecule has 0 unspecified atom stereocenters. The number of benzene rings is 1. The lowest BCUT2D eigenvalue weighted by Gasteiger charge is -2.14. The molecular weight excluding hydrogens is 324 g/mol. The third kappa shape index (κ3) is 4.52. The van der Waals surface area contributed by atoms with Crippen LogP contribution in [0.25, 0.3) is 0 Å². The van der Waals surface area contributed by atoms with Crippen LogP contribution in [0.1, 0.15) is 18.4 Å². The summed E-state index contributed by atoms with van der Waals surface area (Å²) in [5, 5.41) is 2.58. The van der Waals surface area contributed by atoms with Crippen LogP contribution in [0.2, 0.25) is 0 Å². The van der Waals surface area contributed by atoms with Gasteiger partial charge in [0.05, 0.1) is 0 Å². The second kappa shape index (κ2) is 7.28. The Labute approximate surface area is 126 Å². The summed E-state index contributed by atoms with van der Waals surface area (Å²) in [7, 11) is 0. The van der Waals surface area contributed by atoms with Crippen LogP contribution in [0.15, 0.2) is 28.7 Å². The van der Waals surface area contributed by atoms with E-state index in [-0.39, 0.29) is 0 Å². The molecule has 1 heterocycles. The summed E-state index contributed by atoms with van der Waals surface area (Å²) in [4.78, 5) is 24.6. The van der Waals surface area contributed by atoms with E-state index in [0.717, 1.165) is 22.9 Å². The van der Waals surface area contributed by atoms with E-state index in [1.807, 2.05) is 24.3 Å². The van der Waals surface area contributed by atoms with Gasteiger partial charge in [0.1, 0.15) is 0 Å². The molecule has 1 saturated heterocycles. The van der Waals surface area contributed by atoms with Gasteiger partial charge in [0.2, 0.25) is 0 Å².